The van der Waals surface area contributed by atoms with Crippen molar-refractivity contribution in [1.82, 2.24) is 15.0 Å². The number of benzene rings is 4. The number of nitrogens with one attached hydrogen (secondary N) is 1. The fraction of sp³-hybridized carbons (Fsp3) is 0.349. The summed E-state index contributed by atoms with van der Waals surface area (Å²) < 4.78 is 25.6. The lowest BCUT2D eigenvalue weighted by atomic mass is 9.82. The predicted octanol–water partition coefficient (Wildman–Crippen LogP) is 5.94. The van der Waals surface area contributed by atoms with Gasteiger partial charge in [0, 0.05) is 48.5 Å². The molecule has 56 heavy (non-hydrogen) atoms. The highest BCUT2D eigenvalue weighted by atomic mass is 28.3. The summed E-state index contributed by atoms with van der Waals surface area (Å²) >= 11 is 0. The highest BCUT2D eigenvalue weighted by molar-refractivity contribution is 6.91. The summed E-state index contributed by atoms with van der Waals surface area (Å²) in [6, 6.07) is 28.6. The Morgan fingerprint density at radius 1 is 0.929 bits per heavy atom. The van der Waals surface area contributed by atoms with Crippen LogP contribution in [-0.4, -0.2) is 74.0 Å². The van der Waals surface area contributed by atoms with Crippen molar-refractivity contribution in [3.05, 3.63) is 120 Å². The van der Waals surface area contributed by atoms with Crippen molar-refractivity contribution in [2.24, 2.45) is 5.92 Å². The van der Waals surface area contributed by atoms with Crippen LogP contribution in [0.1, 0.15) is 40.5 Å². The Balaban J connectivity index is 1.23. The molecule has 0 aliphatic carbocycles. The number of hydrogen-bond acceptors (Lipinski definition) is 9. The zero-order chi connectivity index (χ0) is 39.6. The second kappa shape index (κ2) is 15.9. The van der Waals surface area contributed by atoms with E-state index in [0.29, 0.717) is 42.1 Å². The maximum atomic E-state index is 15.3. The predicted molar refractivity (Wildman–Crippen MR) is 217 cm³/mol. The fourth-order valence-corrected chi connectivity index (χ4v) is 12.7. The van der Waals surface area contributed by atoms with Gasteiger partial charge in [-0.3, -0.25) is 14.3 Å². The van der Waals surface area contributed by atoms with Crippen molar-refractivity contribution in [2.45, 2.75) is 63.2 Å². The number of anilines is 2. The number of amides is 2. The maximum Gasteiger partial charge on any atom is 0.264 e. The molecule has 0 saturated carbocycles. The van der Waals surface area contributed by atoms with E-state index in [1.54, 1.807) is 50.3 Å². The van der Waals surface area contributed by atoms with Gasteiger partial charge in [0.2, 0.25) is 0 Å². The first-order valence-corrected chi connectivity index (χ1v) is 22.0. The molecule has 4 atom stereocenters. The standard InChI is InChI=1S/C43H49N5O7Si/c1-28-40(56(5,6)36-17-14-34(53-3)15-18-36)39(20-22-47-27-32(21-23-49)45-46-47)55-43(28)37-25-35(54-4)16-19-38(37)48(42(43)51)26-29-8-7-9-31(24-29)44-41(50)30-10-12-33(52-2)13-11-30/h7-19,24-25,27-28,39-40,49H,20-23,26H2,1-6H3,(H,44,50)/t28-,39+,40-,43+/m0/s1. The molecule has 0 radical (unpaired) electrons. The van der Waals surface area contributed by atoms with Crippen LogP contribution in [0.4, 0.5) is 11.4 Å². The van der Waals surface area contributed by atoms with Gasteiger partial charge in [-0.1, -0.05) is 54.7 Å². The molecule has 5 aromatic rings. The Labute approximate surface area is 328 Å². The van der Waals surface area contributed by atoms with Crippen LogP contribution in [0.5, 0.6) is 17.2 Å². The molecular weight excluding hydrogens is 727 g/mol. The number of methoxy groups -OCH3 is 3. The molecule has 7 rings (SSSR count). The van der Waals surface area contributed by atoms with E-state index in [1.165, 1.54) is 5.19 Å². The van der Waals surface area contributed by atoms with E-state index in [4.69, 9.17) is 18.9 Å². The van der Waals surface area contributed by atoms with E-state index in [9.17, 15) is 9.90 Å². The quantitative estimate of drug-likeness (QED) is 0.131. The average Bonchev–Trinajstić information content (AvgIpc) is 3.86. The highest BCUT2D eigenvalue weighted by Gasteiger charge is 2.66. The van der Waals surface area contributed by atoms with Gasteiger partial charge >= 0.3 is 0 Å². The molecule has 3 heterocycles. The fourth-order valence-electron chi connectivity index (χ4n) is 8.66. The summed E-state index contributed by atoms with van der Waals surface area (Å²) in [6.07, 6.45) is 2.61. The second-order valence-corrected chi connectivity index (χ2v) is 19.7. The summed E-state index contributed by atoms with van der Waals surface area (Å²) in [5, 5.41) is 22.2. The lowest BCUT2D eigenvalue weighted by molar-refractivity contribution is -0.146. The van der Waals surface area contributed by atoms with Crippen LogP contribution >= 0.6 is 0 Å². The molecule has 2 N–H and O–H groups in total. The van der Waals surface area contributed by atoms with Gasteiger partial charge in [0.15, 0.2) is 5.60 Å². The van der Waals surface area contributed by atoms with E-state index in [2.05, 4.69) is 47.8 Å². The number of hydrogen-bond donors (Lipinski definition) is 2. The Kier molecular flexibility index (Phi) is 11.0. The third kappa shape index (κ3) is 7.17. The first kappa shape index (κ1) is 38.8. The molecule has 2 amide bonds. The first-order chi connectivity index (χ1) is 27.0. The summed E-state index contributed by atoms with van der Waals surface area (Å²) in [5.41, 5.74) is 2.99. The van der Waals surface area contributed by atoms with Gasteiger partial charge in [0.25, 0.3) is 11.8 Å². The van der Waals surface area contributed by atoms with Crippen LogP contribution in [0, 0.1) is 5.92 Å². The summed E-state index contributed by atoms with van der Waals surface area (Å²) in [4.78, 5) is 30.3. The molecule has 1 spiro atoms. The SMILES string of the molecule is COc1ccc(C(=O)Nc2cccc(CN3C(=O)[C@]4(O[C@H](CCn5cc(CCO)nn5)[C@@H]([Si](C)(C)c5ccc(OC)cc5)[C@@H]4C)c4cc(OC)ccc43)c2)cc1. The number of carbonyl (C=O) groups is 2. The van der Waals surface area contributed by atoms with Crippen LogP contribution in [0.15, 0.2) is 97.2 Å². The molecule has 292 valence electrons. The Bertz CT molecular complexity index is 2190. The number of fused-ring (bicyclic) bond motifs is 2. The molecule has 1 aromatic heterocycles. The molecular formula is C43H49N5O7Si. The van der Waals surface area contributed by atoms with E-state index in [1.807, 2.05) is 65.7 Å². The van der Waals surface area contributed by atoms with Gasteiger partial charge in [-0.05, 0) is 84.3 Å². The highest BCUT2D eigenvalue weighted by Crippen LogP contribution is 2.60. The maximum absolute atomic E-state index is 15.3. The lowest BCUT2D eigenvalue weighted by Crippen LogP contribution is -2.51. The molecule has 0 unspecified atom stereocenters. The Morgan fingerprint density at radius 3 is 2.29 bits per heavy atom. The number of nitrogens with zero attached hydrogens (tertiary/aromatic N) is 4. The van der Waals surface area contributed by atoms with Crippen molar-refractivity contribution in [1.29, 1.82) is 0 Å². The van der Waals surface area contributed by atoms with Gasteiger partial charge < -0.3 is 34.3 Å². The first-order valence-electron chi connectivity index (χ1n) is 18.9. The third-order valence-electron chi connectivity index (χ3n) is 11.5. The molecule has 2 aliphatic heterocycles. The Morgan fingerprint density at radius 2 is 1.61 bits per heavy atom. The molecule has 1 saturated heterocycles. The minimum atomic E-state index is -2.38. The topological polar surface area (TPSA) is 137 Å². The minimum Gasteiger partial charge on any atom is -0.497 e. The van der Waals surface area contributed by atoms with Crippen molar-refractivity contribution in [3.8, 4) is 17.2 Å². The van der Waals surface area contributed by atoms with Crippen LogP contribution in [0.3, 0.4) is 0 Å². The van der Waals surface area contributed by atoms with Crippen molar-refractivity contribution < 1.29 is 33.6 Å². The summed E-state index contributed by atoms with van der Waals surface area (Å²) in [6.45, 7) is 7.68. The van der Waals surface area contributed by atoms with Crippen LogP contribution in [0.2, 0.25) is 18.6 Å². The number of rotatable bonds is 14. The van der Waals surface area contributed by atoms with Gasteiger partial charge in [-0.25, -0.2) is 0 Å². The number of aliphatic hydroxyl groups is 1. The molecule has 2 aliphatic rings. The molecule has 1 fully saturated rings. The van der Waals surface area contributed by atoms with Crippen LogP contribution in [0.25, 0.3) is 0 Å². The molecule has 4 aromatic carbocycles. The zero-order valence-corrected chi connectivity index (χ0v) is 33.7. The largest absolute Gasteiger partial charge is 0.497 e. The number of aliphatic hydroxyl groups excluding tert-OH is 1. The smallest absolute Gasteiger partial charge is 0.264 e. The third-order valence-corrected chi connectivity index (χ3v) is 15.9. The number of ether oxygens (including phenoxy) is 4. The zero-order valence-electron chi connectivity index (χ0n) is 32.7. The van der Waals surface area contributed by atoms with Gasteiger partial charge in [0.1, 0.15) is 17.2 Å². The van der Waals surface area contributed by atoms with Gasteiger partial charge in [0.05, 0.1) is 53.4 Å². The molecule has 12 nitrogen and oxygen atoms in total. The monoisotopic (exact) mass is 775 g/mol. The number of aryl methyl sites for hydroxylation is 1. The van der Waals surface area contributed by atoms with E-state index in [0.717, 1.165) is 28.3 Å². The average molecular weight is 776 g/mol. The van der Waals surface area contributed by atoms with Gasteiger partial charge in [-0.2, -0.15) is 0 Å². The van der Waals surface area contributed by atoms with Crippen LogP contribution < -0.4 is 29.6 Å². The minimum absolute atomic E-state index is 0.00169. The number of carbonyl (C=O) groups excluding carboxylic acids is 2. The van der Waals surface area contributed by atoms with Crippen molar-refractivity contribution in [2.75, 3.05) is 38.2 Å². The van der Waals surface area contributed by atoms with Crippen LogP contribution in [-0.2, 0) is 34.6 Å². The molecule has 0 bridgehead atoms. The summed E-state index contributed by atoms with van der Waals surface area (Å²) in [7, 11) is 2.49. The van der Waals surface area contributed by atoms with E-state index in [-0.39, 0.29) is 42.5 Å². The number of aromatic nitrogens is 3. The van der Waals surface area contributed by atoms with Crippen molar-refractivity contribution >= 4 is 36.4 Å². The Hall–Kier alpha value is -5.50. The lowest BCUT2D eigenvalue weighted by Gasteiger charge is -2.37. The second-order valence-electron chi connectivity index (χ2n) is 15.0. The van der Waals surface area contributed by atoms with E-state index >= 15 is 4.79 Å². The van der Waals surface area contributed by atoms with Gasteiger partial charge in [-0.15, -0.1) is 5.10 Å². The summed E-state index contributed by atoms with van der Waals surface area (Å²) in [5.74, 6) is 1.52. The molecule has 13 heteroatoms. The van der Waals surface area contributed by atoms with Crippen molar-refractivity contribution in [3.63, 3.8) is 0 Å². The normalized spacial score (nSPS) is 20.3. The van der Waals surface area contributed by atoms with E-state index < -0.39 is 13.7 Å².